The second-order valence-electron chi connectivity index (χ2n) is 2.98. The van der Waals surface area contributed by atoms with Crippen molar-refractivity contribution in [2.75, 3.05) is 6.61 Å². The van der Waals surface area contributed by atoms with Gasteiger partial charge in [0.2, 0.25) is 0 Å². The standard InChI is InChI=1S/C10H8ClNO5/c1-2-17-10(14)7-3-6(12(15)16)4-9(11)8(7)5-13/h3-5H,2H2,1H3. The molecule has 0 fully saturated rings. The fourth-order valence-electron chi connectivity index (χ4n) is 1.21. The van der Waals surface area contributed by atoms with Gasteiger partial charge in [-0.05, 0) is 6.92 Å². The molecule has 0 spiro atoms. The van der Waals surface area contributed by atoms with Gasteiger partial charge in [0.1, 0.15) is 0 Å². The van der Waals surface area contributed by atoms with Crippen molar-refractivity contribution in [3.63, 3.8) is 0 Å². The first-order chi connectivity index (χ1) is 8.01. The smallest absolute Gasteiger partial charge is 0.339 e. The molecule has 0 amide bonds. The van der Waals surface area contributed by atoms with Gasteiger partial charge in [0, 0.05) is 17.7 Å². The summed E-state index contributed by atoms with van der Waals surface area (Å²) >= 11 is 5.68. The lowest BCUT2D eigenvalue weighted by Crippen LogP contribution is -2.09. The molecule has 0 aromatic heterocycles. The molecule has 1 aromatic carbocycles. The van der Waals surface area contributed by atoms with Crippen LogP contribution in [0.2, 0.25) is 5.02 Å². The zero-order valence-electron chi connectivity index (χ0n) is 8.81. The van der Waals surface area contributed by atoms with Gasteiger partial charge in [-0.3, -0.25) is 14.9 Å². The van der Waals surface area contributed by atoms with Crippen molar-refractivity contribution in [1.29, 1.82) is 0 Å². The monoisotopic (exact) mass is 257 g/mol. The second-order valence-corrected chi connectivity index (χ2v) is 3.39. The minimum absolute atomic E-state index is 0.0947. The Hall–Kier alpha value is -1.95. The lowest BCUT2D eigenvalue weighted by Gasteiger charge is -2.05. The molecule has 17 heavy (non-hydrogen) atoms. The Morgan fingerprint density at radius 3 is 2.71 bits per heavy atom. The number of benzene rings is 1. The molecule has 0 aliphatic heterocycles. The summed E-state index contributed by atoms with van der Waals surface area (Å²) in [4.78, 5) is 32.2. The van der Waals surface area contributed by atoms with Crippen LogP contribution in [-0.2, 0) is 4.74 Å². The van der Waals surface area contributed by atoms with Crippen LogP contribution in [0.15, 0.2) is 12.1 Å². The normalized spacial score (nSPS) is 9.76. The molecular formula is C10H8ClNO5. The van der Waals surface area contributed by atoms with E-state index in [-0.39, 0.29) is 28.4 Å². The highest BCUT2D eigenvalue weighted by Gasteiger charge is 2.20. The maximum absolute atomic E-state index is 11.5. The summed E-state index contributed by atoms with van der Waals surface area (Å²) in [6.45, 7) is 1.68. The number of hydrogen-bond donors (Lipinski definition) is 0. The topological polar surface area (TPSA) is 86.5 Å². The first-order valence-electron chi connectivity index (χ1n) is 4.61. The van der Waals surface area contributed by atoms with Crippen molar-refractivity contribution in [3.05, 3.63) is 38.4 Å². The number of halogens is 1. The van der Waals surface area contributed by atoms with E-state index in [0.717, 1.165) is 12.1 Å². The highest BCUT2D eigenvalue weighted by molar-refractivity contribution is 6.34. The van der Waals surface area contributed by atoms with Crippen molar-refractivity contribution >= 4 is 29.5 Å². The summed E-state index contributed by atoms with van der Waals surface area (Å²) in [5, 5.41) is 10.4. The quantitative estimate of drug-likeness (QED) is 0.357. The fraction of sp³-hybridized carbons (Fsp3) is 0.200. The van der Waals surface area contributed by atoms with E-state index in [2.05, 4.69) is 4.74 Å². The van der Waals surface area contributed by atoms with Crippen LogP contribution in [0, 0.1) is 10.1 Å². The summed E-state index contributed by atoms with van der Waals surface area (Å²) in [7, 11) is 0. The Morgan fingerprint density at radius 1 is 1.59 bits per heavy atom. The fourth-order valence-corrected chi connectivity index (χ4v) is 1.46. The first-order valence-corrected chi connectivity index (χ1v) is 4.99. The van der Waals surface area contributed by atoms with Gasteiger partial charge < -0.3 is 4.74 Å². The lowest BCUT2D eigenvalue weighted by atomic mass is 10.1. The van der Waals surface area contributed by atoms with E-state index in [1.54, 1.807) is 6.92 Å². The van der Waals surface area contributed by atoms with E-state index in [1.165, 1.54) is 0 Å². The molecule has 0 saturated carbocycles. The molecule has 0 aliphatic rings. The lowest BCUT2D eigenvalue weighted by molar-refractivity contribution is -0.384. The number of aldehydes is 1. The van der Waals surface area contributed by atoms with Crippen molar-refractivity contribution in [2.45, 2.75) is 6.92 Å². The molecular weight excluding hydrogens is 250 g/mol. The number of esters is 1. The van der Waals surface area contributed by atoms with Gasteiger partial charge in [0.25, 0.3) is 5.69 Å². The van der Waals surface area contributed by atoms with E-state index < -0.39 is 10.9 Å². The van der Waals surface area contributed by atoms with Crippen LogP contribution in [0.5, 0.6) is 0 Å². The number of carbonyl (C=O) groups is 2. The molecule has 1 rings (SSSR count). The number of nitro benzene ring substituents is 1. The van der Waals surface area contributed by atoms with E-state index in [1.807, 2.05) is 0 Å². The molecule has 0 bridgehead atoms. The molecule has 0 radical (unpaired) electrons. The number of non-ortho nitro benzene ring substituents is 1. The number of hydrogen-bond acceptors (Lipinski definition) is 5. The Morgan fingerprint density at radius 2 is 2.24 bits per heavy atom. The van der Waals surface area contributed by atoms with Crippen LogP contribution in [0.3, 0.4) is 0 Å². The molecule has 0 unspecified atom stereocenters. The van der Waals surface area contributed by atoms with Gasteiger partial charge in [-0.1, -0.05) is 11.6 Å². The third-order valence-corrected chi connectivity index (χ3v) is 2.25. The zero-order valence-corrected chi connectivity index (χ0v) is 9.56. The summed E-state index contributed by atoms with van der Waals surface area (Å²) in [6.07, 6.45) is 0.359. The number of nitro groups is 1. The van der Waals surface area contributed by atoms with Gasteiger partial charge in [0.15, 0.2) is 6.29 Å². The molecule has 0 N–H and O–H groups in total. The van der Waals surface area contributed by atoms with E-state index in [0.29, 0.717) is 6.29 Å². The zero-order chi connectivity index (χ0) is 13.0. The van der Waals surface area contributed by atoms with Crippen LogP contribution in [-0.4, -0.2) is 23.8 Å². The Labute approximate surface area is 101 Å². The molecule has 0 atom stereocenters. The highest BCUT2D eigenvalue weighted by Crippen LogP contribution is 2.26. The van der Waals surface area contributed by atoms with E-state index in [9.17, 15) is 19.7 Å². The van der Waals surface area contributed by atoms with Gasteiger partial charge in [-0.2, -0.15) is 0 Å². The number of rotatable bonds is 4. The van der Waals surface area contributed by atoms with Crippen molar-refractivity contribution in [3.8, 4) is 0 Å². The average molecular weight is 258 g/mol. The number of ether oxygens (including phenoxy) is 1. The molecule has 0 heterocycles. The summed E-state index contributed by atoms with van der Waals surface area (Å²) in [5.41, 5.74) is -0.694. The van der Waals surface area contributed by atoms with Gasteiger partial charge in [-0.15, -0.1) is 0 Å². The largest absolute Gasteiger partial charge is 0.462 e. The van der Waals surface area contributed by atoms with Crippen LogP contribution in [0.1, 0.15) is 27.6 Å². The van der Waals surface area contributed by atoms with Crippen LogP contribution in [0.4, 0.5) is 5.69 Å². The molecule has 1 aromatic rings. The van der Waals surface area contributed by atoms with E-state index in [4.69, 9.17) is 11.6 Å². The minimum Gasteiger partial charge on any atom is -0.462 e. The molecule has 0 aliphatic carbocycles. The Balaban J connectivity index is 3.38. The van der Waals surface area contributed by atoms with Crippen LogP contribution < -0.4 is 0 Å². The maximum Gasteiger partial charge on any atom is 0.339 e. The number of nitrogens with zero attached hydrogens (tertiary/aromatic N) is 1. The van der Waals surface area contributed by atoms with Crippen molar-refractivity contribution < 1.29 is 19.2 Å². The number of carbonyl (C=O) groups excluding carboxylic acids is 2. The minimum atomic E-state index is -0.819. The van der Waals surface area contributed by atoms with Crippen LogP contribution in [0.25, 0.3) is 0 Å². The van der Waals surface area contributed by atoms with E-state index >= 15 is 0 Å². The van der Waals surface area contributed by atoms with Crippen molar-refractivity contribution in [1.82, 2.24) is 0 Å². The summed E-state index contributed by atoms with van der Waals surface area (Å²) < 4.78 is 4.68. The highest BCUT2D eigenvalue weighted by atomic mass is 35.5. The summed E-state index contributed by atoms with van der Waals surface area (Å²) in [5.74, 6) is -0.819. The van der Waals surface area contributed by atoms with Crippen molar-refractivity contribution in [2.24, 2.45) is 0 Å². The first kappa shape index (κ1) is 13.1. The Bertz CT molecular complexity index is 486. The van der Waals surface area contributed by atoms with Gasteiger partial charge in [0.05, 0.1) is 22.1 Å². The third-order valence-electron chi connectivity index (χ3n) is 1.94. The van der Waals surface area contributed by atoms with Gasteiger partial charge >= 0.3 is 5.97 Å². The Kier molecular flexibility index (Phi) is 4.17. The average Bonchev–Trinajstić information content (AvgIpc) is 2.28. The molecule has 7 heteroatoms. The predicted molar refractivity (Wildman–Crippen MR) is 59.5 cm³/mol. The molecule has 0 saturated heterocycles. The van der Waals surface area contributed by atoms with Gasteiger partial charge in [-0.25, -0.2) is 4.79 Å². The predicted octanol–water partition coefficient (Wildman–Crippen LogP) is 2.24. The SMILES string of the molecule is CCOC(=O)c1cc([N+](=O)[O-])cc(Cl)c1C=O. The molecule has 90 valence electrons. The third kappa shape index (κ3) is 2.79. The molecule has 6 nitrogen and oxygen atoms in total. The maximum atomic E-state index is 11.5. The van der Waals surface area contributed by atoms with Crippen LogP contribution >= 0.6 is 11.6 Å². The summed E-state index contributed by atoms with van der Waals surface area (Å²) in [6, 6.07) is 1.97. The second kappa shape index (κ2) is 5.40.